The monoisotopic (exact) mass is 265 g/mol. The van der Waals surface area contributed by atoms with Crippen LogP contribution < -0.4 is 10.9 Å². The highest BCUT2D eigenvalue weighted by atomic mass is 16.2. The molecule has 2 N–H and O–H groups in total. The summed E-state index contributed by atoms with van der Waals surface area (Å²) in [5.74, 6) is 0.0399. The van der Waals surface area contributed by atoms with Crippen LogP contribution in [0.5, 0.6) is 0 Å². The third-order valence-electron chi connectivity index (χ3n) is 2.90. The quantitative estimate of drug-likeness (QED) is 0.745. The molecule has 1 amide bonds. The van der Waals surface area contributed by atoms with E-state index >= 15 is 0 Å². The predicted molar refractivity (Wildman–Crippen MR) is 76.8 cm³/mol. The molecule has 3 rings (SSSR count). The number of aromatic nitrogens is 2. The summed E-state index contributed by atoms with van der Waals surface area (Å²) >= 11 is 0. The molecule has 98 valence electrons. The topological polar surface area (TPSA) is 74.8 Å². The van der Waals surface area contributed by atoms with E-state index in [0.717, 1.165) is 5.39 Å². The Labute approximate surface area is 114 Å². The van der Waals surface area contributed by atoms with Crippen molar-refractivity contribution in [3.05, 3.63) is 70.8 Å². The normalized spacial score (nSPS) is 10.4. The average Bonchev–Trinajstić information content (AvgIpc) is 2.48. The number of carbonyl (C=O) groups is 1. The molecule has 0 saturated heterocycles. The third kappa shape index (κ3) is 2.29. The summed E-state index contributed by atoms with van der Waals surface area (Å²) in [5.41, 5.74) is -0.0753. The zero-order chi connectivity index (χ0) is 13.9. The first-order chi connectivity index (χ1) is 9.74. The van der Waals surface area contributed by atoms with Crippen molar-refractivity contribution in [1.82, 2.24) is 9.97 Å². The molecular formula is C15H11N3O2. The van der Waals surface area contributed by atoms with Gasteiger partial charge in [-0.1, -0.05) is 24.3 Å². The lowest BCUT2D eigenvalue weighted by Crippen LogP contribution is -2.19. The number of rotatable bonds is 2. The van der Waals surface area contributed by atoms with Crippen molar-refractivity contribution in [2.45, 2.75) is 0 Å². The van der Waals surface area contributed by atoms with Gasteiger partial charge in [0.25, 0.3) is 11.5 Å². The van der Waals surface area contributed by atoms with E-state index in [1.165, 1.54) is 0 Å². The Morgan fingerprint density at radius 1 is 1.10 bits per heavy atom. The summed E-state index contributed by atoms with van der Waals surface area (Å²) in [5, 5.41) is 3.91. The molecule has 2 heterocycles. The second-order valence-corrected chi connectivity index (χ2v) is 4.27. The van der Waals surface area contributed by atoms with E-state index in [2.05, 4.69) is 15.3 Å². The van der Waals surface area contributed by atoms with Gasteiger partial charge in [0.2, 0.25) is 0 Å². The summed E-state index contributed by atoms with van der Waals surface area (Å²) < 4.78 is 0. The minimum absolute atomic E-state index is 0.208. The van der Waals surface area contributed by atoms with Gasteiger partial charge in [-0.25, -0.2) is 4.98 Å². The predicted octanol–water partition coefficient (Wildman–Crippen LogP) is 2.18. The molecule has 0 saturated carbocycles. The first kappa shape index (κ1) is 12.1. The number of amides is 1. The zero-order valence-corrected chi connectivity index (χ0v) is 10.5. The number of nitrogens with zero attached hydrogens (tertiary/aromatic N) is 1. The number of benzene rings is 1. The second-order valence-electron chi connectivity index (χ2n) is 4.27. The van der Waals surface area contributed by atoms with Gasteiger partial charge in [0.15, 0.2) is 0 Å². The smallest absolute Gasteiger partial charge is 0.273 e. The number of hydrogen-bond acceptors (Lipinski definition) is 3. The van der Waals surface area contributed by atoms with E-state index in [0.29, 0.717) is 11.2 Å². The van der Waals surface area contributed by atoms with Gasteiger partial charge in [0, 0.05) is 11.6 Å². The van der Waals surface area contributed by atoms with Crippen LogP contribution in [0, 0.1) is 0 Å². The van der Waals surface area contributed by atoms with Crippen LogP contribution in [0.4, 0.5) is 5.82 Å². The number of anilines is 1. The van der Waals surface area contributed by atoms with E-state index in [-0.39, 0.29) is 11.3 Å². The fraction of sp³-hybridized carbons (Fsp3) is 0. The zero-order valence-electron chi connectivity index (χ0n) is 10.5. The minimum Gasteiger partial charge on any atom is -0.317 e. The molecule has 0 unspecified atom stereocenters. The van der Waals surface area contributed by atoms with Crippen LogP contribution in [0.2, 0.25) is 0 Å². The van der Waals surface area contributed by atoms with Crippen LogP contribution in [0.25, 0.3) is 10.8 Å². The number of aromatic amines is 1. The number of pyridine rings is 2. The second kappa shape index (κ2) is 4.97. The van der Waals surface area contributed by atoms with Gasteiger partial charge >= 0.3 is 0 Å². The SMILES string of the molecule is O=C(Nc1ccccn1)c1cc2ccccc2c(=O)[nH]1. The number of H-pyrrole nitrogens is 1. The lowest BCUT2D eigenvalue weighted by Gasteiger charge is -2.05. The molecule has 0 fully saturated rings. The molecule has 0 radical (unpaired) electrons. The van der Waals surface area contributed by atoms with Crippen LogP contribution in [0.15, 0.2) is 59.5 Å². The van der Waals surface area contributed by atoms with E-state index in [4.69, 9.17) is 0 Å². The van der Waals surface area contributed by atoms with Crippen LogP contribution >= 0.6 is 0 Å². The molecule has 1 aromatic carbocycles. The fourth-order valence-corrected chi connectivity index (χ4v) is 1.95. The van der Waals surface area contributed by atoms with Gasteiger partial charge in [-0.15, -0.1) is 0 Å². The highest BCUT2D eigenvalue weighted by molar-refractivity contribution is 6.04. The van der Waals surface area contributed by atoms with Crippen LogP contribution in [0.1, 0.15) is 10.5 Å². The minimum atomic E-state index is -0.397. The molecule has 0 spiro atoms. The van der Waals surface area contributed by atoms with Crippen molar-refractivity contribution < 1.29 is 4.79 Å². The average molecular weight is 265 g/mol. The number of carbonyl (C=O) groups excluding carboxylic acids is 1. The molecule has 0 atom stereocenters. The maximum absolute atomic E-state index is 12.1. The molecule has 0 bridgehead atoms. The Balaban J connectivity index is 1.98. The van der Waals surface area contributed by atoms with Gasteiger partial charge in [0.05, 0.1) is 0 Å². The summed E-state index contributed by atoms with van der Waals surface area (Å²) in [6.07, 6.45) is 1.58. The Kier molecular flexibility index (Phi) is 3.01. The molecule has 0 aliphatic carbocycles. The van der Waals surface area contributed by atoms with Gasteiger partial charge in [0.1, 0.15) is 11.5 Å². The van der Waals surface area contributed by atoms with Crippen molar-refractivity contribution in [3.63, 3.8) is 0 Å². The number of nitrogens with one attached hydrogen (secondary N) is 2. The van der Waals surface area contributed by atoms with E-state index in [9.17, 15) is 9.59 Å². The van der Waals surface area contributed by atoms with Gasteiger partial charge < -0.3 is 10.3 Å². The molecule has 5 heteroatoms. The van der Waals surface area contributed by atoms with Crippen molar-refractivity contribution in [3.8, 4) is 0 Å². The summed E-state index contributed by atoms with van der Waals surface area (Å²) in [6.45, 7) is 0. The first-order valence-electron chi connectivity index (χ1n) is 6.08. The highest BCUT2D eigenvalue weighted by Crippen LogP contribution is 2.11. The number of hydrogen-bond donors (Lipinski definition) is 2. The van der Waals surface area contributed by atoms with Crippen LogP contribution in [-0.4, -0.2) is 15.9 Å². The molecule has 0 aliphatic rings. The van der Waals surface area contributed by atoms with Crippen molar-refractivity contribution in [2.24, 2.45) is 0 Å². The highest BCUT2D eigenvalue weighted by Gasteiger charge is 2.09. The van der Waals surface area contributed by atoms with Gasteiger partial charge in [-0.2, -0.15) is 0 Å². The van der Waals surface area contributed by atoms with Crippen molar-refractivity contribution in [1.29, 1.82) is 0 Å². The van der Waals surface area contributed by atoms with Gasteiger partial charge in [-0.05, 0) is 29.7 Å². The fourth-order valence-electron chi connectivity index (χ4n) is 1.95. The Morgan fingerprint density at radius 2 is 1.90 bits per heavy atom. The third-order valence-corrected chi connectivity index (χ3v) is 2.90. The summed E-state index contributed by atoms with van der Waals surface area (Å²) in [7, 11) is 0. The van der Waals surface area contributed by atoms with E-state index in [1.807, 2.05) is 6.07 Å². The molecule has 5 nitrogen and oxygen atoms in total. The Bertz CT molecular complexity index is 825. The van der Waals surface area contributed by atoms with E-state index in [1.54, 1.807) is 48.7 Å². The number of fused-ring (bicyclic) bond motifs is 1. The van der Waals surface area contributed by atoms with Crippen molar-refractivity contribution in [2.75, 3.05) is 5.32 Å². The van der Waals surface area contributed by atoms with E-state index < -0.39 is 5.91 Å². The first-order valence-corrected chi connectivity index (χ1v) is 6.08. The van der Waals surface area contributed by atoms with Crippen LogP contribution in [0.3, 0.4) is 0 Å². The molecular weight excluding hydrogens is 254 g/mol. The molecule has 3 aromatic rings. The molecule has 0 aliphatic heterocycles. The lowest BCUT2D eigenvalue weighted by molar-refractivity contribution is 0.102. The summed E-state index contributed by atoms with van der Waals surface area (Å²) in [4.78, 5) is 30.6. The van der Waals surface area contributed by atoms with Crippen molar-refractivity contribution >= 4 is 22.5 Å². The lowest BCUT2D eigenvalue weighted by atomic mass is 10.1. The standard InChI is InChI=1S/C15H11N3O2/c19-14-11-6-2-1-5-10(11)9-12(17-14)15(20)18-13-7-3-4-8-16-13/h1-9H,(H,17,19)(H,16,18,20). The van der Waals surface area contributed by atoms with Gasteiger partial charge in [-0.3, -0.25) is 9.59 Å². The maximum Gasteiger partial charge on any atom is 0.273 e. The summed E-state index contributed by atoms with van der Waals surface area (Å²) in [6, 6.07) is 14.0. The Hall–Kier alpha value is -2.95. The Morgan fingerprint density at radius 3 is 2.70 bits per heavy atom. The largest absolute Gasteiger partial charge is 0.317 e. The molecule has 2 aromatic heterocycles. The van der Waals surface area contributed by atoms with Crippen LogP contribution in [-0.2, 0) is 0 Å². The molecule has 20 heavy (non-hydrogen) atoms. The maximum atomic E-state index is 12.1.